The minimum atomic E-state index is 0. The SMILES string of the molecule is CC(C)C(N)c1ccc(C#N)cc1.Cl. The van der Waals surface area contributed by atoms with Gasteiger partial charge in [0.2, 0.25) is 0 Å². The maximum atomic E-state index is 8.60. The van der Waals surface area contributed by atoms with Crippen LogP contribution in [0.15, 0.2) is 24.3 Å². The first-order valence-electron chi connectivity index (χ1n) is 4.41. The highest BCUT2D eigenvalue weighted by Gasteiger charge is 2.09. The van der Waals surface area contributed by atoms with Crippen molar-refractivity contribution in [3.63, 3.8) is 0 Å². The third-order valence-electron chi connectivity index (χ3n) is 2.14. The van der Waals surface area contributed by atoms with Crippen molar-refractivity contribution < 1.29 is 0 Å². The van der Waals surface area contributed by atoms with Crippen molar-refractivity contribution in [2.24, 2.45) is 11.7 Å². The summed E-state index contributed by atoms with van der Waals surface area (Å²) >= 11 is 0. The van der Waals surface area contributed by atoms with Crippen molar-refractivity contribution in [1.82, 2.24) is 0 Å². The number of hydrogen-bond donors (Lipinski definition) is 1. The standard InChI is InChI=1S/C11H14N2.ClH/c1-8(2)11(13)10-5-3-9(7-12)4-6-10;/h3-6,8,11H,13H2,1-2H3;1H. The molecule has 2 N–H and O–H groups in total. The number of nitrogens with zero attached hydrogens (tertiary/aromatic N) is 1. The van der Waals surface area contributed by atoms with E-state index in [9.17, 15) is 0 Å². The van der Waals surface area contributed by atoms with Gasteiger partial charge in [0.15, 0.2) is 0 Å². The Labute approximate surface area is 91.1 Å². The van der Waals surface area contributed by atoms with Crippen LogP contribution in [-0.4, -0.2) is 0 Å². The van der Waals surface area contributed by atoms with Crippen LogP contribution in [-0.2, 0) is 0 Å². The van der Waals surface area contributed by atoms with Gasteiger partial charge in [-0.2, -0.15) is 5.26 Å². The van der Waals surface area contributed by atoms with E-state index >= 15 is 0 Å². The number of nitriles is 1. The van der Waals surface area contributed by atoms with Gasteiger partial charge in [-0.1, -0.05) is 26.0 Å². The molecule has 3 heteroatoms. The van der Waals surface area contributed by atoms with E-state index in [1.165, 1.54) is 0 Å². The fourth-order valence-corrected chi connectivity index (χ4v) is 1.16. The first-order chi connectivity index (χ1) is 6.15. The summed E-state index contributed by atoms with van der Waals surface area (Å²) in [7, 11) is 0. The van der Waals surface area contributed by atoms with Gasteiger partial charge < -0.3 is 5.73 Å². The second kappa shape index (κ2) is 5.64. The zero-order chi connectivity index (χ0) is 9.84. The highest BCUT2D eigenvalue weighted by molar-refractivity contribution is 5.85. The van der Waals surface area contributed by atoms with Crippen LogP contribution in [0.25, 0.3) is 0 Å². The molecule has 0 radical (unpaired) electrons. The first kappa shape index (κ1) is 13.0. The second-order valence-electron chi connectivity index (χ2n) is 3.50. The molecule has 0 heterocycles. The van der Waals surface area contributed by atoms with E-state index in [1.807, 2.05) is 12.1 Å². The summed E-state index contributed by atoms with van der Waals surface area (Å²) in [5, 5.41) is 8.60. The zero-order valence-corrected chi connectivity index (χ0v) is 9.21. The monoisotopic (exact) mass is 210 g/mol. The minimum Gasteiger partial charge on any atom is -0.324 e. The molecule has 0 saturated carbocycles. The molecule has 0 aromatic heterocycles. The Morgan fingerprint density at radius 3 is 2.07 bits per heavy atom. The summed E-state index contributed by atoms with van der Waals surface area (Å²) in [6.07, 6.45) is 0. The maximum Gasteiger partial charge on any atom is 0.0991 e. The van der Waals surface area contributed by atoms with Gasteiger partial charge in [-0.05, 0) is 23.6 Å². The van der Waals surface area contributed by atoms with Crippen LogP contribution in [0, 0.1) is 17.2 Å². The quantitative estimate of drug-likeness (QED) is 0.816. The molecule has 0 aliphatic heterocycles. The van der Waals surface area contributed by atoms with Crippen molar-refractivity contribution >= 4 is 12.4 Å². The van der Waals surface area contributed by atoms with E-state index in [0.29, 0.717) is 11.5 Å². The maximum absolute atomic E-state index is 8.60. The molecule has 1 rings (SSSR count). The van der Waals surface area contributed by atoms with Gasteiger partial charge in [0.25, 0.3) is 0 Å². The number of halogens is 1. The minimum absolute atomic E-state index is 0. The summed E-state index contributed by atoms with van der Waals surface area (Å²) in [6.45, 7) is 4.17. The van der Waals surface area contributed by atoms with Gasteiger partial charge in [0.05, 0.1) is 11.6 Å². The fraction of sp³-hybridized carbons (Fsp3) is 0.364. The van der Waals surface area contributed by atoms with Crippen LogP contribution in [0.3, 0.4) is 0 Å². The number of hydrogen-bond acceptors (Lipinski definition) is 2. The van der Waals surface area contributed by atoms with Crippen molar-refractivity contribution in [2.75, 3.05) is 0 Å². The molecule has 0 amide bonds. The van der Waals surface area contributed by atoms with E-state index in [2.05, 4.69) is 19.9 Å². The molecule has 0 spiro atoms. The average Bonchev–Trinajstić information content (AvgIpc) is 2.17. The van der Waals surface area contributed by atoms with Crippen molar-refractivity contribution in [3.8, 4) is 6.07 Å². The summed E-state index contributed by atoms with van der Waals surface area (Å²) in [5.41, 5.74) is 7.72. The van der Waals surface area contributed by atoms with Gasteiger partial charge in [0.1, 0.15) is 0 Å². The van der Waals surface area contributed by atoms with Crippen molar-refractivity contribution in [2.45, 2.75) is 19.9 Å². The van der Waals surface area contributed by atoms with E-state index < -0.39 is 0 Å². The van der Waals surface area contributed by atoms with Crippen LogP contribution in [0.5, 0.6) is 0 Å². The zero-order valence-electron chi connectivity index (χ0n) is 8.40. The molecule has 0 saturated heterocycles. The fourth-order valence-electron chi connectivity index (χ4n) is 1.16. The Bertz CT molecular complexity index is 311. The molecular weight excluding hydrogens is 196 g/mol. The predicted molar refractivity (Wildman–Crippen MR) is 60.2 cm³/mol. The molecule has 0 fully saturated rings. The van der Waals surface area contributed by atoms with Gasteiger partial charge >= 0.3 is 0 Å². The average molecular weight is 211 g/mol. The highest BCUT2D eigenvalue weighted by Crippen LogP contribution is 2.18. The molecule has 0 aliphatic carbocycles. The smallest absolute Gasteiger partial charge is 0.0991 e. The lowest BCUT2D eigenvalue weighted by Crippen LogP contribution is -2.16. The molecule has 0 aliphatic rings. The van der Waals surface area contributed by atoms with Crippen molar-refractivity contribution in [1.29, 1.82) is 5.26 Å². The lowest BCUT2D eigenvalue weighted by molar-refractivity contribution is 0.514. The molecule has 76 valence electrons. The van der Waals surface area contributed by atoms with Gasteiger partial charge in [-0.25, -0.2) is 0 Å². The lowest BCUT2D eigenvalue weighted by Gasteiger charge is -2.15. The van der Waals surface area contributed by atoms with Gasteiger partial charge in [-0.3, -0.25) is 0 Å². The normalized spacial score (nSPS) is 11.6. The first-order valence-corrected chi connectivity index (χ1v) is 4.41. The van der Waals surface area contributed by atoms with E-state index in [4.69, 9.17) is 11.0 Å². The second-order valence-corrected chi connectivity index (χ2v) is 3.50. The van der Waals surface area contributed by atoms with Crippen LogP contribution >= 0.6 is 12.4 Å². The Morgan fingerprint density at radius 2 is 1.71 bits per heavy atom. The Morgan fingerprint density at radius 1 is 1.21 bits per heavy atom. The summed E-state index contributed by atoms with van der Waals surface area (Å²) in [6, 6.07) is 9.59. The molecule has 2 nitrogen and oxygen atoms in total. The predicted octanol–water partition coefficient (Wildman–Crippen LogP) is 2.64. The Kier molecular flexibility index (Phi) is 5.22. The van der Waals surface area contributed by atoms with E-state index in [1.54, 1.807) is 12.1 Å². The summed E-state index contributed by atoms with van der Waals surface area (Å²) in [5.74, 6) is 0.424. The molecule has 14 heavy (non-hydrogen) atoms. The molecule has 1 aromatic rings. The van der Waals surface area contributed by atoms with E-state index in [-0.39, 0.29) is 18.4 Å². The molecular formula is C11H15ClN2. The third-order valence-corrected chi connectivity index (χ3v) is 2.14. The van der Waals surface area contributed by atoms with E-state index in [0.717, 1.165) is 5.56 Å². The van der Waals surface area contributed by atoms with Crippen molar-refractivity contribution in [3.05, 3.63) is 35.4 Å². The largest absolute Gasteiger partial charge is 0.324 e. The topological polar surface area (TPSA) is 49.8 Å². The van der Waals surface area contributed by atoms with Crippen LogP contribution < -0.4 is 5.73 Å². The van der Waals surface area contributed by atoms with Crippen LogP contribution in [0.2, 0.25) is 0 Å². The van der Waals surface area contributed by atoms with Crippen LogP contribution in [0.4, 0.5) is 0 Å². The molecule has 1 aromatic carbocycles. The molecule has 1 unspecified atom stereocenters. The Balaban J connectivity index is 0.00000169. The van der Waals surface area contributed by atoms with Gasteiger partial charge in [-0.15, -0.1) is 12.4 Å². The summed E-state index contributed by atoms with van der Waals surface area (Å²) < 4.78 is 0. The number of rotatable bonds is 2. The molecule has 1 atom stereocenters. The highest BCUT2D eigenvalue weighted by atomic mass is 35.5. The number of benzene rings is 1. The summed E-state index contributed by atoms with van der Waals surface area (Å²) in [4.78, 5) is 0. The molecule has 0 bridgehead atoms. The van der Waals surface area contributed by atoms with Crippen LogP contribution in [0.1, 0.15) is 31.0 Å². The Hall–Kier alpha value is -1.04. The number of nitrogens with two attached hydrogens (primary N) is 1. The lowest BCUT2D eigenvalue weighted by atomic mass is 9.96. The third kappa shape index (κ3) is 3.02. The van der Waals surface area contributed by atoms with Gasteiger partial charge in [0, 0.05) is 6.04 Å².